The third-order valence-electron chi connectivity index (χ3n) is 10.9. The standard InChI is InChI=1S/C39H51IN4S2Si/c1-10-14-16-27(12-3)20-47(21-28(13-4)17-15-11-2)30-18-22(5)45-38(30)39-31(47)19-29(46-39)32-34-36(43-25(8)23(6)41-34)33(40)37-35(32)42-24(7)26(9)44-37/h18-19,27-28H,10-17,20-21H2,1-9H3. The summed E-state index contributed by atoms with van der Waals surface area (Å²) in [6.45, 7) is 20.2. The summed E-state index contributed by atoms with van der Waals surface area (Å²) < 4.78 is 1.05. The highest BCUT2D eigenvalue weighted by Gasteiger charge is 2.49. The van der Waals surface area contributed by atoms with Gasteiger partial charge in [-0.1, -0.05) is 79.1 Å². The molecule has 250 valence electrons. The molecule has 5 aromatic rings. The lowest BCUT2D eigenvalue weighted by Crippen LogP contribution is -2.56. The predicted molar refractivity (Wildman–Crippen MR) is 217 cm³/mol. The average Bonchev–Trinajstić information content (AvgIpc) is 3.72. The predicted octanol–water partition coefficient (Wildman–Crippen LogP) is 11.5. The van der Waals surface area contributed by atoms with Crippen LogP contribution in [0.3, 0.4) is 0 Å². The van der Waals surface area contributed by atoms with Crippen LogP contribution in [0, 0.1) is 50.0 Å². The van der Waals surface area contributed by atoms with Crippen LogP contribution in [0.1, 0.15) is 107 Å². The molecular weight excluding hydrogens is 744 g/mol. The molecule has 0 amide bonds. The summed E-state index contributed by atoms with van der Waals surface area (Å²) in [5.41, 5.74) is 8.91. The zero-order valence-electron chi connectivity index (χ0n) is 29.9. The summed E-state index contributed by atoms with van der Waals surface area (Å²) in [6, 6.07) is 8.02. The number of hydrogen-bond acceptors (Lipinski definition) is 6. The van der Waals surface area contributed by atoms with Gasteiger partial charge < -0.3 is 0 Å². The van der Waals surface area contributed by atoms with Crippen molar-refractivity contribution < 1.29 is 0 Å². The van der Waals surface area contributed by atoms with Crippen molar-refractivity contribution >= 4 is 85.8 Å². The first-order chi connectivity index (χ1) is 22.6. The van der Waals surface area contributed by atoms with Crippen LogP contribution >= 0.6 is 45.3 Å². The molecule has 1 aromatic carbocycles. The second-order valence-corrected chi connectivity index (χ2v) is 21.6. The molecule has 0 N–H and O–H groups in total. The fraction of sp³-hybridized carbons (Fsp3) is 0.538. The fourth-order valence-electron chi connectivity index (χ4n) is 7.94. The third kappa shape index (κ3) is 6.27. The van der Waals surface area contributed by atoms with E-state index in [2.05, 4.69) is 97.0 Å². The van der Waals surface area contributed by atoms with Crippen LogP contribution in [-0.4, -0.2) is 28.0 Å². The van der Waals surface area contributed by atoms with E-state index in [1.165, 1.54) is 73.2 Å². The molecule has 0 fully saturated rings. The molecule has 0 spiro atoms. The van der Waals surface area contributed by atoms with Crippen LogP contribution in [0.4, 0.5) is 0 Å². The highest BCUT2D eigenvalue weighted by molar-refractivity contribution is 14.1. The summed E-state index contributed by atoms with van der Waals surface area (Å²) in [7, 11) is -2.07. The minimum atomic E-state index is -2.07. The van der Waals surface area contributed by atoms with Crippen molar-refractivity contribution in [3.63, 3.8) is 0 Å². The molecule has 0 radical (unpaired) electrons. The monoisotopic (exact) mass is 794 g/mol. The highest BCUT2D eigenvalue weighted by Crippen LogP contribution is 2.49. The minimum Gasteiger partial charge on any atom is -0.249 e. The molecule has 1 aliphatic heterocycles. The summed E-state index contributed by atoms with van der Waals surface area (Å²) in [5.74, 6) is 1.56. The Bertz CT molecular complexity index is 1860. The van der Waals surface area contributed by atoms with Gasteiger partial charge in [-0.2, -0.15) is 0 Å². The largest absolute Gasteiger partial charge is 0.249 e. The van der Waals surface area contributed by atoms with E-state index in [0.29, 0.717) is 0 Å². The Morgan fingerprint density at radius 1 is 0.638 bits per heavy atom. The molecule has 6 rings (SSSR count). The number of aromatic nitrogens is 4. The molecular formula is C39H51IN4S2Si. The van der Waals surface area contributed by atoms with Gasteiger partial charge in [0.05, 0.1) is 26.3 Å². The molecule has 0 saturated heterocycles. The van der Waals surface area contributed by atoms with Crippen LogP contribution in [-0.2, 0) is 0 Å². The summed E-state index contributed by atoms with van der Waals surface area (Å²) >= 11 is 6.47. The molecule has 2 unspecified atom stereocenters. The maximum atomic E-state index is 5.26. The van der Waals surface area contributed by atoms with Crippen molar-refractivity contribution in [3.05, 3.63) is 43.4 Å². The van der Waals surface area contributed by atoms with Gasteiger partial charge in [-0.15, -0.1) is 22.7 Å². The molecule has 8 heteroatoms. The minimum absolute atomic E-state index is 0.778. The Balaban J connectivity index is 1.65. The molecule has 0 bridgehead atoms. The van der Waals surface area contributed by atoms with E-state index in [0.717, 1.165) is 65.8 Å². The van der Waals surface area contributed by atoms with Gasteiger partial charge in [0, 0.05) is 25.1 Å². The summed E-state index contributed by atoms with van der Waals surface area (Å²) in [6.07, 6.45) is 10.5. The van der Waals surface area contributed by atoms with Gasteiger partial charge in [-0.05, 0) is 104 Å². The van der Waals surface area contributed by atoms with E-state index in [4.69, 9.17) is 19.9 Å². The Kier molecular flexibility index (Phi) is 10.6. The maximum absolute atomic E-state index is 5.26. The Morgan fingerprint density at radius 3 is 1.55 bits per heavy atom. The maximum Gasteiger partial charge on any atom is 0.122 e. The number of fused-ring (bicyclic) bond motifs is 5. The number of rotatable bonds is 13. The highest BCUT2D eigenvalue weighted by atomic mass is 127. The SMILES string of the molecule is CCCCC(CC)C[Si]1(CC(CC)CCCC)c2cc(C)sc2-c2sc(-c3c4nc(C)c(C)nc4c(I)c4nc(C)c(C)nc34)cc21. The van der Waals surface area contributed by atoms with Crippen LogP contribution in [0.2, 0.25) is 12.1 Å². The Labute approximate surface area is 304 Å². The zero-order chi connectivity index (χ0) is 33.6. The number of hydrogen-bond donors (Lipinski definition) is 0. The molecule has 5 heterocycles. The number of unbranched alkanes of at least 4 members (excludes halogenated alkanes) is 2. The van der Waals surface area contributed by atoms with Gasteiger partial charge in [-0.3, -0.25) is 0 Å². The molecule has 4 nitrogen and oxygen atoms in total. The van der Waals surface area contributed by atoms with Crippen molar-refractivity contribution in [2.75, 3.05) is 0 Å². The summed E-state index contributed by atoms with van der Waals surface area (Å²) in [5, 5.41) is 3.46. The number of halogens is 1. The lowest BCUT2D eigenvalue weighted by molar-refractivity contribution is 0.469. The smallest absolute Gasteiger partial charge is 0.122 e. The molecule has 0 saturated carbocycles. The first-order valence-electron chi connectivity index (χ1n) is 17.9. The van der Waals surface area contributed by atoms with E-state index in [1.54, 1.807) is 20.1 Å². The number of benzene rings is 1. The van der Waals surface area contributed by atoms with Crippen molar-refractivity contribution in [3.8, 4) is 20.2 Å². The van der Waals surface area contributed by atoms with E-state index in [-0.39, 0.29) is 0 Å². The van der Waals surface area contributed by atoms with Crippen molar-refractivity contribution in [1.82, 2.24) is 19.9 Å². The van der Waals surface area contributed by atoms with Crippen molar-refractivity contribution in [2.24, 2.45) is 11.8 Å². The molecule has 4 aromatic heterocycles. The number of aryl methyl sites for hydroxylation is 5. The molecule has 1 aliphatic rings. The Hall–Kier alpha value is -1.75. The molecule has 47 heavy (non-hydrogen) atoms. The quantitative estimate of drug-likeness (QED) is 0.0677. The van der Waals surface area contributed by atoms with Crippen molar-refractivity contribution in [2.45, 2.75) is 126 Å². The van der Waals surface area contributed by atoms with E-state index >= 15 is 0 Å². The number of thiophene rings is 2. The topological polar surface area (TPSA) is 51.6 Å². The lowest BCUT2D eigenvalue weighted by Gasteiger charge is -2.35. The molecule has 2 atom stereocenters. The molecule has 0 aliphatic carbocycles. The van der Waals surface area contributed by atoms with Gasteiger partial charge in [0.15, 0.2) is 0 Å². The lowest BCUT2D eigenvalue weighted by atomic mass is 10.0. The average molecular weight is 795 g/mol. The van der Waals surface area contributed by atoms with E-state index < -0.39 is 8.07 Å². The fourth-order valence-corrected chi connectivity index (χ4v) is 19.1. The van der Waals surface area contributed by atoms with Crippen LogP contribution in [0.25, 0.3) is 42.3 Å². The van der Waals surface area contributed by atoms with Crippen LogP contribution in [0.5, 0.6) is 0 Å². The van der Waals surface area contributed by atoms with Crippen LogP contribution < -0.4 is 10.4 Å². The Morgan fingerprint density at radius 2 is 1.09 bits per heavy atom. The van der Waals surface area contributed by atoms with Crippen molar-refractivity contribution in [1.29, 1.82) is 0 Å². The van der Waals surface area contributed by atoms with Gasteiger partial charge in [0.2, 0.25) is 0 Å². The number of nitrogens with zero attached hydrogens (tertiary/aromatic N) is 4. The third-order valence-corrected chi connectivity index (χ3v) is 20.1. The second-order valence-electron chi connectivity index (χ2n) is 14.1. The van der Waals surface area contributed by atoms with Gasteiger partial charge in [-0.25, -0.2) is 19.9 Å². The summed E-state index contributed by atoms with van der Waals surface area (Å²) in [4.78, 5) is 26.7. The van der Waals surface area contributed by atoms with Crippen LogP contribution in [0.15, 0.2) is 12.1 Å². The van der Waals surface area contributed by atoms with E-state index in [1.807, 2.05) is 22.7 Å². The van der Waals surface area contributed by atoms with E-state index in [9.17, 15) is 0 Å². The normalized spacial score (nSPS) is 17.1. The first kappa shape index (κ1) is 35.1. The first-order valence-corrected chi connectivity index (χ1v) is 23.1. The van der Waals surface area contributed by atoms with Gasteiger partial charge >= 0.3 is 0 Å². The zero-order valence-corrected chi connectivity index (χ0v) is 34.7. The van der Waals surface area contributed by atoms with Gasteiger partial charge in [0.25, 0.3) is 0 Å². The van der Waals surface area contributed by atoms with Gasteiger partial charge in [0.1, 0.15) is 30.1 Å². The second kappa shape index (κ2) is 14.2.